The van der Waals surface area contributed by atoms with E-state index in [4.69, 9.17) is 15.2 Å². The van der Waals surface area contributed by atoms with Crippen LogP contribution in [0.5, 0.6) is 5.75 Å². The fourth-order valence-corrected chi connectivity index (χ4v) is 5.74. The summed E-state index contributed by atoms with van der Waals surface area (Å²) in [5, 5.41) is 19.8. The summed E-state index contributed by atoms with van der Waals surface area (Å²) < 4.78 is 10.9. The minimum absolute atomic E-state index is 0. The molecule has 0 aliphatic heterocycles. The van der Waals surface area contributed by atoms with Crippen molar-refractivity contribution in [2.24, 2.45) is 28.9 Å². The van der Waals surface area contributed by atoms with Gasteiger partial charge < -0.3 is 36.3 Å². The first-order chi connectivity index (χ1) is 20.4. The van der Waals surface area contributed by atoms with Crippen LogP contribution in [-0.2, 0) is 14.3 Å². The van der Waals surface area contributed by atoms with Gasteiger partial charge in [0.05, 0.1) is 18.3 Å². The van der Waals surface area contributed by atoms with E-state index in [9.17, 15) is 19.5 Å². The number of nitrogens with two attached hydrogens (primary N) is 1. The minimum Gasteiger partial charge on any atom is -0.493 e. The summed E-state index contributed by atoms with van der Waals surface area (Å²) in [6.07, 6.45) is 4.72. The zero-order chi connectivity index (χ0) is 32.0. The third-order valence-corrected chi connectivity index (χ3v) is 8.88. The van der Waals surface area contributed by atoms with Crippen molar-refractivity contribution in [3.63, 3.8) is 0 Å². The molecule has 0 spiro atoms. The Balaban J connectivity index is 0.00000968. The Morgan fingerprint density at radius 2 is 1.66 bits per heavy atom. The Kier molecular flexibility index (Phi) is 17.9. The van der Waals surface area contributed by atoms with Crippen molar-refractivity contribution >= 4 is 30.1 Å². The van der Waals surface area contributed by atoms with Gasteiger partial charge in [0.2, 0.25) is 11.8 Å². The zero-order valence-corrected chi connectivity index (χ0v) is 28.3. The molecule has 0 saturated heterocycles. The number of carbonyl (C=O) groups excluding carboxylic acids is 3. The van der Waals surface area contributed by atoms with E-state index in [1.165, 1.54) is 6.92 Å². The highest BCUT2D eigenvalue weighted by Gasteiger charge is 2.39. The Morgan fingerprint density at radius 3 is 2.27 bits per heavy atom. The number of unbranched alkanes of at least 4 members (excludes halogenated alkanes) is 1. The predicted octanol–water partition coefficient (Wildman–Crippen LogP) is 3.83. The second-order valence-electron chi connectivity index (χ2n) is 12.9. The van der Waals surface area contributed by atoms with Crippen molar-refractivity contribution in [3.8, 4) is 5.75 Å². The molecule has 10 nitrogen and oxygen atoms in total. The Hall–Kier alpha value is -2.40. The summed E-state index contributed by atoms with van der Waals surface area (Å²) in [6, 6.07) is 6.80. The highest BCUT2D eigenvalue weighted by molar-refractivity contribution is 5.96. The lowest BCUT2D eigenvalue weighted by molar-refractivity contribution is -0.133. The van der Waals surface area contributed by atoms with Gasteiger partial charge in [0.15, 0.2) is 0 Å². The highest BCUT2D eigenvalue weighted by atomic mass is 35.5. The zero-order valence-electron chi connectivity index (χ0n) is 27.5. The lowest BCUT2D eigenvalue weighted by Crippen LogP contribution is -2.50. The SMILES string of the molecule is COCCCCOc1ccccc1C(=O)NCC(CC(N)C(O)CNC(=O)C(C)(C)C1CCC(NC(C)=O)CC1)C(C)C.Cl. The Morgan fingerprint density at radius 1 is 1.02 bits per heavy atom. The monoisotopic (exact) mass is 640 g/mol. The topological polar surface area (TPSA) is 152 Å². The first-order valence-electron chi connectivity index (χ1n) is 15.8. The molecule has 6 N–H and O–H groups in total. The van der Waals surface area contributed by atoms with Gasteiger partial charge in [0.25, 0.3) is 5.91 Å². The van der Waals surface area contributed by atoms with Gasteiger partial charge in [-0.1, -0.05) is 39.8 Å². The maximum atomic E-state index is 13.1. The van der Waals surface area contributed by atoms with Gasteiger partial charge in [-0.15, -0.1) is 12.4 Å². The van der Waals surface area contributed by atoms with Gasteiger partial charge in [0.1, 0.15) is 5.75 Å². The van der Waals surface area contributed by atoms with Crippen LogP contribution in [-0.4, -0.2) is 74.4 Å². The van der Waals surface area contributed by atoms with Crippen LogP contribution in [0, 0.1) is 23.2 Å². The molecule has 1 aromatic carbocycles. The average molecular weight is 641 g/mol. The summed E-state index contributed by atoms with van der Waals surface area (Å²) in [6.45, 7) is 11.2. The van der Waals surface area contributed by atoms with E-state index in [2.05, 4.69) is 29.8 Å². The van der Waals surface area contributed by atoms with Gasteiger partial charge in [-0.05, 0) is 74.8 Å². The van der Waals surface area contributed by atoms with Crippen LogP contribution in [0.1, 0.15) is 89.9 Å². The molecule has 0 bridgehead atoms. The maximum Gasteiger partial charge on any atom is 0.255 e. The molecule has 1 aliphatic carbocycles. The number of aliphatic hydroxyl groups is 1. The van der Waals surface area contributed by atoms with Gasteiger partial charge in [-0.25, -0.2) is 0 Å². The molecule has 3 unspecified atom stereocenters. The van der Waals surface area contributed by atoms with E-state index in [0.717, 1.165) is 38.5 Å². The number of carbonyl (C=O) groups is 3. The van der Waals surface area contributed by atoms with Crippen molar-refractivity contribution in [2.75, 3.05) is 33.4 Å². The summed E-state index contributed by atoms with van der Waals surface area (Å²) in [4.78, 5) is 37.6. The van der Waals surface area contributed by atoms with Gasteiger partial charge in [-0.3, -0.25) is 14.4 Å². The molecule has 0 heterocycles. The third-order valence-electron chi connectivity index (χ3n) is 8.88. The summed E-state index contributed by atoms with van der Waals surface area (Å²) in [5.41, 5.74) is 6.29. The second kappa shape index (κ2) is 19.9. The van der Waals surface area contributed by atoms with Crippen molar-refractivity contribution in [1.29, 1.82) is 0 Å². The first-order valence-corrected chi connectivity index (χ1v) is 15.8. The average Bonchev–Trinajstić information content (AvgIpc) is 2.97. The van der Waals surface area contributed by atoms with Crippen LogP contribution in [0.15, 0.2) is 24.3 Å². The van der Waals surface area contributed by atoms with Crippen molar-refractivity contribution < 1.29 is 29.0 Å². The maximum absolute atomic E-state index is 13.1. The van der Waals surface area contributed by atoms with Crippen LogP contribution in [0.25, 0.3) is 0 Å². The van der Waals surface area contributed by atoms with Crippen LogP contribution in [0.4, 0.5) is 0 Å². The minimum atomic E-state index is -0.917. The van der Waals surface area contributed by atoms with Crippen molar-refractivity contribution in [3.05, 3.63) is 29.8 Å². The number of para-hydroxylation sites is 1. The number of rotatable bonds is 18. The van der Waals surface area contributed by atoms with E-state index >= 15 is 0 Å². The Bertz CT molecular complexity index is 1020. The first kappa shape index (κ1) is 39.6. The molecule has 3 atom stereocenters. The van der Waals surface area contributed by atoms with E-state index in [1.807, 2.05) is 26.0 Å². The molecule has 252 valence electrons. The number of aliphatic hydroxyl groups excluding tert-OH is 1. The van der Waals surface area contributed by atoms with Crippen LogP contribution >= 0.6 is 12.4 Å². The molecule has 1 saturated carbocycles. The molecular weight excluding hydrogens is 584 g/mol. The number of amides is 3. The van der Waals surface area contributed by atoms with Gasteiger partial charge in [0, 0.05) is 51.2 Å². The largest absolute Gasteiger partial charge is 0.493 e. The number of benzene rings is 1. The molecule has 2 rings (SSSR count). The van der Waals surface area contributed by atoms with Crippen molar-refractivity contribution in [2.45, 2.75) is 97.8 Å². The van der Waals surface area contributed by atoms with E-state index < -0.39 is 17.6 Å². The van der Waals surface area contributed by atoms with Crippen LogP contribution in [0.3, 0.4) is 0 Å². The second-order valence-corrected chi connectivity index (χ2v) is 12.9. The quantitative estimate of drug-likeness (QED) is 0.153. The smallest absolute Gasteiger partial charge is 0.255 e. The third kappa shape index (κ3) is 12.9. The number of ether oxygens (including phenoxy) is 2. The lowest BCUT2D eigenvalue weighted by Gasteiger charge is -2.38. The van der Waals surface area contributed by atoms with Gasteiger partial charge in [-0.2, -0.15) is 0 Å². The molecule has 0 aromatic heterocycles. The summed E-state index contributed by atoms with van der Waals surface area (Å²) >= 11 is 0. The highest BCUT2D eigenvalue weighted by Crippen LogP contribution is 2.38. The van der Waals surface area contributed by atoms with E-state index in [1.54, 1.807) is 19.2 Å². The molecule has 11 heteroatoms. The number of nitrogens with one attached hydrogen (secondary N) is 3. The predicted molar refractivity (Wildman–Crippen MR) is 176 cm³/mol. The fourth-order valence-electron chi connectivity index (χ4n) is 5.74. The lowest BCUT2D eigenvalue weighted by atomic mass is 9.69. The van der Waals surface area contributed by atoms with E-state index in [-0.39, 0.29) is 60.5 Å². The summed E-state index contributed by atoms with van der Waals surface area (Å²) in [7, 11) is 1.67. The van der Waals surface area contributed by atoms with Crippen molar-refractivity contribution in [1.82, 2.24) is 16.0 Å². The van der Waals surface area contributed by atoms with E-state index in [0.29, 0.717) is 37.5 Å². The normalized spacial score (nSPS) is 18.8. The van der Waals surface area contributed by atoms with Crippen LogP contribution in [0.2, 0.25) is 0 Å². The standard InChI is InChI=1S/C33H56N4O6.ClH/c1-22(2)24(20-35-31(40)27-11-7-8-12-30(27)43-18-10-9-17-42-6)19-28(34)29(39)21-36-32(41)33(4,5)25-13-15-26(16-14-25)37-23(3)38;/h7-8,11-12,22,24-26,28-29,39H,9-10,13-21,34H2,1-6H3,(H,35,40)(H,36,41)(H,37,38);1H. The number of hydrogen-bond acceptors (Lipinski definition) is 7. The fraction of sp³-hybridized carbons (Fsp3) is 0.727. The number of halogens is 1. The molecule has 3 amide bonds. The Labute approximate surface area is 270 Å². The summed E-state index contributed by atoms with van der Waals surface area (Å²) in [5.74, 6) is 0.650. The number of methoxy groups -OCH3 is 1. The molecule has 1 aromatic rings. The van der Waals surface area contributed by atoms with Gasteiger partial charge >= 0.3 is 0 Å². The number of hydrogen-bond donors (Lipinski definition) is 5. The molecule has 44 heavy (non-hydrogen) atoms. The molecule has 0 radical (unpaired) electrons. The molecule has 1 fully saturated rings. The molecular formula is C33H57ClN4O6. The molecule has 1 aliphatic rings. The van der Waals surface area contributed by atoms with Crippen LogP contribution < -0.4 is 26.4 Å².